The van der Waals surface area contributed by atoms with Crippen LogP contribution in [0.3, 0.4) is 0 Å². The van der Waals surface area contributed by atoms with Gasteiger partial charge in [0, 0.05) is 5.69 Å². The van der Waals surface area contributed by atoms with Gasteiger partial charge in [-0.3, -0.25) is 9.36 Å². The number of rotatable bonds is 4. The van der Waals surface area contributed by atoms with Gasteiger partial charge in [0.25, 0.3) is 0 Å². The minimum Gasteiger partial charge on any atom is -0.468 e. The second-order valence-electron chi connectivity index (χ2n) is 3.71. The number of hydrogen-bond acceptors (Lipinski definition) is 5. The molecular weight excluding hydrogens is 269 g/mol. The Hall–Kier alpha value is -1.89. The van der Waals surface area contributed by atoms with Gasteiger partial charge in [-0.25, -0.2) is 4.39 Å². The van der Waals surface area contributed by atoms with E-state index in [0.717, 1.165) is 5.69 Å². The topological polar surface area (TPSA) is 57.0 Å². The van der Waals surface area contributed by atoms with Crippen LogP contribution in [0.2, 0.25) is 0 Å². The molecule has 0 spiro atoms. The van der Waals surface area contributed by atoms with E-state index >= 15 is 0 Å². The highest BCUT2D eigenvalue weighted by molar-refractivity contribution is 7.99. The summed E-state index contributed by atoms with van der Waals surface area (Å²) >= 11 is 1.22. The molecule has 1 aromatic carbocycles. The van der Waals surface area contributed by atoms with E-state index in [1.807, 2.05) is 0 Å². The summed E-state index contributed by atoms with van der Waals surface area (Å²) in [6, 6.07) is 5.99. The Morgan fingerprint density at radius 2 is 2.05 bits per heavy atom. The molecule has 2 aromatic rings. The van der Waals surface area contributed by atoms with Gasteiger partial charge in [0.05, 0.1) is 12.9 Å². The van der Waals surface area contributed by atoms with Crippen LogP contribution < -0.4 is 0 Å². The van der Waals surface area contributed by atoms with Crippen LogP contribution in [0.4, 0.5) is 4.39 Å². The highest BCUT2D eigenvalue weighted by Gasteiger charge is 2.13. The van der Waals surface area contributed by atoms with Gasteiger partial charge in [0.15, 0.2) is 5.16 Å². The van der Waals surface area contributed by atoms with Crippen molar-refractivity contribution in [3.63, 3.8) is 0 Å². The van der Waals surface area contributed by atoms with Crippen molar-refractivity contribution in [2.75, 3.05) is 12.9 Å². The van der Waals surface area contributed by atoms with Gasteiger partial charge >= 0.3 is 5.97 Å². The van der Waals surface area contributed by atoms with Crippen molar-refractivity contribution in [1.29, 1.82) is 0 Å². The van der Waals surface area contributed by atoms with Crippen molar-refractivity contribution in [3.8, 4) is 5.69 Å². The fraction of sp³-hybridized carbons (Fsp3) is 0.250. The van der Waals surface area contributed by atoms with E-state index in [9.17, 15) is 9.18 Å². The molecule has 0 unspecified atom stereocenters. The van der Waals surface area contributed by atoms with Crippen LogP contribution in [0.5, 0.6) is 0 Å². The number of thioether (sulfide) groups is 1. The third-order valence-electron chi connectivity index (χ3n) is 2.43. The number of carbonyl (C=O) groups is 1. The second kappa shape index (κ2) is 5.83. The summed E-state index contributed by atoms with van der Waals surface area (Å²) in [4.78, 5) is 11.1. The maximum Gasteiger partial charge on any atom is 0.316 e. The third-order valence-corrected chi connectivity index (χ3v) is 3.33. The third kappa shape index (κ3) is 3.11. The molecule has 100 valence electrons. The Morgan fingerprint density at radius 3 is 2.68 bits per heavy atom. The molecule has 0 saturated carbocycles. The van der Waals surface area contributed by atoms with Gasteiger partial charge in [-0.1, -0.05) is 11.8 Å². The molecule has 0 aliphatic heterocycles. The predicted molar refractivity (Wildman–Crippen MR) is 68.8 cm³/mol. The van der Waals surface area contributed by atoms with Crippen molar-refractivity contribution < 1.29 is 13.9 Å². The van der Waals surface area contributed by atoms with Crippen LogP contribution in [0.1, 0.15) is 5.82 Å². The van der Waals surface area contributed by atoms with Crippen molar-refractivity contribution in [2.45, 2.75) is 12.1 Å². The predicted octanol–water partition coefficient (Wildman–Crippen LogP) is 1.98. The fourth-order valence-electron chi connectivity index (χ4n) is 1.51. The molecule has 0 amide bonds. The van der Waals surface area contributed by atoms with E-state index in [2.05, 4.69) is 14.9 Å². The van der Waals surface area contributed by atoms with E-state index in [1.165, 1.54) is 31.0 Å². The highest BCUT2D eigenvalue weighted by Crippen LogP contribution is 2.21. The Balaban J connectivity index is 2.27. The summed E-state index contributed by atoms with van der Waals surface area (Å²) in [5.74, 6) is 0.170. The average Bonchev–Trinajstić information content (AvgIpc) is 2.78. The Labute approximate surface area is 113 Å². The molecule has 0 N–H and O–H groups in total. The molecule has 2 rings (SSSR count). The van der Waals surface area contributed by atoms with Crippen molar-refractivity contribution >= 4 is 17.7 Å². The normalized spacial score (nSPS) is 10.5. The highest BCUT2D eigenvalue weighted by atomic mass is 32.2. The number of esters is 1. The first-order valence-corrected chi connectivity index (χ1v) is 6.48. The largest absolute Gasteiger partial charge is 0.468 e. The molecule has 1 heterocycles. The zero-order chi connectivity index (χ0) is 13.8. The summed E-state index contributed by atoms with van der Waals surface area (Å²) in [5.41, 5.74) is 0.747. The molecule has 0 saturated heterocycles. The summed E-state index contributed by atoms with van der Waals surface area (Å²) in [7, 11) is 1.33. The summed E-state index contributed by atoms with van der Waals surface area (Å²) in [6.07, 6.45) is 0. The average molecular weight is 281 g/mol. The smallest absolute Gasteiger partial charge is 0.316 e. The lowest BCUT2D eigenvalue weighted by Gasteiger charge is -2.07. The lowest BCUT2D eigenvalue weighted by atomic mass is 10.3. The number of carbonyl (C=O) groups excluding carboxylic acids is 1. The first-order chi connectivity index (χ1) is 9.11. The first kappa shape index (κ1) is 13.5. The molecule has 0 aliphatic rings. The molecule has 0 radical (unpaired) electrons. The van der Waals surface area contributed by atoms with Gasteiger partial charge in [-0.15, -0.1) is 10.2 Å². The number of ether oxygens (including phenoxy) is 1. The number of aryl methyl sites for hydroxylation is 1. The van der Waals surface area contributed by atoms with Crippen LogP contribution in [-0.2, 0) is 9.53 Å². The number of halogens is 1. The van der Waals surface area contributed by atoms with E-state index in [-0.39, 0.29) is 17.5 Å². The SMILES string of the molecule is COC(=O)CSc1nnc(C)n1-c1ccc(F)cc1. The molecule has 0 aliphatic carbocycles. The molecule has 0 atom stereocenters. The number of hydrogen-bond donors (Lipinski definition) is 0. The molecule has 0 bridgehead atoms. The van der Waals surface area contributed by atoms with Gasteiger partial charge in [0.2, 0.25) is 0 Å². The van der Waals surface area contributed by atoms with E-state index < -0.39 is 0 Å². The maximum atomic E-state index is 12.9. The standard InChI is InChI=1S/C12H12FN3O2S/c1-8-14-15-12(19-7-11(17)18-2)16(8)10-5-3-9(13)4-6-10/h3-6H,7H2,1-2H3. The summed E-state index contributed by atoms with van der Waals surface area (Å²) in [6.45, 7) is 1.79. The van der Waals surface area contributed by atoms with Gasteiger partial charge in [-0.2, -0.15) is 0 Å². The van der Waals surface area contributed by atoms with E-state index in [0.29, 0.717) is 11.0 Å². The zero-order valence-electron chi connectivity index (χ0n) is 10.5. The number of nitrogens with zero attached hydrogens (tertiary/aromatic N) is 3. The zero-order valence-corrected chi connectivity index (χ0v) is 11.3. The number of benzene rings is 1. The van der Waals surface area contributed by atoms with Gasteiger partial charge in [0.1, 0.15) is 11.6 Å². The Bertz CT molecular complexity index is 583. The Kier molecular flexibility index (Phi) is 4.16. The molecule has 5 nitrogen and oxygen atoms in total. The number of aromatic nitrogens is 3. The Morgan fingerprint density at radius 1 is 1.37 bits per heavy atom. The van der Waals surface area contributed by atoms with Crippen LogP contribution >= 0.6 is 11.8 Å². The lowest BCUT2D eigenvalue weighted by molar-refractivity contribution is -0.137. The number of methoxy groups -OCH3 is 1. The van der Waals surface area contributed by atoms with Gasteiger partial charge in [-0.05, 0) is 31.2 Å². The lowest BCUT2D eigenvalue weighted by Crippen LogP contribution is -2.05. The molecule has 19 heavy (non-hydrogen) atoms. The minimum absolute atomic E-state index is 0.149. The van der Waals surface area contributed by atoms with Crippen molar-refractivity contribution in [2.24, 2.45) is 0 Å². The summed E-state index contributed by atoms with van der Waals surface area (Å²) < 4.78 is 19.3. The fourth-order valence-corrected chi connectivity index (χ4v) is 2.34. The van der Waals surface area contributed by atoms with Gasteiger partial charge < -0.3 is 4.74 Å². The quantitative estimate of drug-likeness (QED) is 0.633. The van der Waals surface area contributed by atoms with E-state index in [4.69, 9.17) is 0 Å². The van der Waals surface area contributed by atoms with E-state index in [1.54, 1.807) is 23.6 Å². The van der Waals surface area contributed by atoms with Crippen LogP contribution in [-0.4, -0.2) is 33.6 Å². The molecular formula is C12H12FN3O2S. The second-order valence-corrected chi connectivity index (χ2v) is 4.65. The summed E-state index contributed by atoms with van der Waals surface area (Å²) in [5, 5.41) is 8.52. The van der Waals surface area contributed by atoms with Crippen LogP contribution in [0, 0.1) is 12.7 Å². The molecule has 7 heteroatoms. The minimum atomic E-state index is -0.337. The van der Waals surface area contributed by atoms with Crippen LogP contribution in [0.15, 0.2) is 29.4 Å². The monoisotopic (exact) mass is 281 g/mol. The molecule has 1 aromatic heterocycles. The van der Waals surface area contributed by atoms with Crippen LogP contribution in [0.25, 0.3) is 5.69 Å². The van der Waals surface area contributed by atoms with Crippen molar-refractivity contribution in [1.82, 2.24) is 14.8 Å². The molecule has 0 fully saturated rings. The van der Waals surface area contributed by atoms with Crippen molar-refractivity contribution in [3.05, 3.63) is 35.9 Å². The maximum absolute atomic E-state index is 12.9. The first-order valence-electron chi connectivity index (χ1n) is 5.49.